The summed E-state index contributed by atoms with van der Waals surface area (Å²) in [5.41, 5.74) is 3.84. The molecule has 1 unspecified atom stereocenters. The van der Waals surface area contributed by atoms with E-state index >= 15 is 0 Å². The molecule has 1 aromatic rings. The van der Waals surface area contributed by atoms with E-state index < -0.39 is 0 Å². The number of aryl methyl sites for hydroxylation is 1. The Balaban J connectivity index is 2.29. The van der Waals surface area contributed by atoms with Crippen molar-refractivity contribution in [3.05, 3.63) is 28.8 Å². The fourth-order valence-corrected chi connectivity index (χ4v) is 4.89. The molecule has 0 saturated carbocycles. The second-order valence-electron chi connectivity index (χ2n) is 11.7. The molecule has 33 heavy (non-hydrogen) atoms. The number of hydrogen-bond donors (Lipinski definition) is 1. The number of aromatic hydroxyl groups is 1. The van der Waals surface area contributed by atoms with Crippen molar-refractivity contribution in [2.45, 2.75) is 168 Å². The van der Waals surface area contributed by atoms with Crippen LogP contribution in [0.5, 0.6) is 5.75 Å². The van der Waals surface area contributed by atoms with Gasteiger partial charge in [-0.25, -0.2) is 0 Å². The normalized spacial score (nSPS) is 12.9. The van der Waals surface area contributed by atoms with Crippen LogP contribution in [-0.4, -0.2) is 5.11 Å². The van der Waals surface area contributed by atoms with Gasteiger partial charge in [0.05, 0.1) is 0 Å². The predicted molar refractivity (Wildman–Crippen MR) is 149 cm³/mol. The summed E-state index contributed by atoms with van der Waals surface area (Å²) in [6.45, 7) is 13.7. The van der Waals surface area contributed by atoms with Crippen molar-refractivity contribution < 1.29 is 5.11 Å². The number of hydrogen-bond acceptors (Lipinski definition) is 1. The first kappa shape index (κ1) is 30.1. The van der Waals surface area contributed by atoms with Crippen LogP contribution in [0.25, 0.3) is 0 Å². The van der Waals surface area contributed by atoms with Crippen LogP contribution < -0.4 is 0 Å². The van der Waals surface area contributed by atoms with E-state index in [0.717, 1.165) is 18.4 Å². The molecule has 0 aliphatic carbocycles. The molecule has 1 atom stereocenters. The van der Waals surface area contributed by atoms with Crippen molar-refractivity contribution in [2.24, 2.45) is 0 Å². The maximum Gasteiger partial charge on any atom is 0.122 e. The van der Waals surface area contributed by atoms with E-state index in [9.17, 15) is 5.11 Å². The summed E-state index contributed by atoms with van der Waals surface area (Å²) in [5, 5.41) is 11.0. The summed E-state index contributed by atoms with van der Waals surface area (Å²) >= 11 is 0. The highest BCUT2D eigenvalue weighted by atomic mass is 16.3. The van der Waals surface area contributed by atoms with Crippen LogP contribution in [0.4, 0.5) is 0 Å². The highest BCUT2D eigenvalue weighted by molar-refractivity contribution is 5.47. The first-order valence-corrected chi connectivity index (χ1v) is 14.7. The highest BCUT2D eigenvalue weighted by Gasteiger charge is 2.21. The fraction of sp³-hybridized carbons (Fsp3) is 0.812. The number of rotatable bonds is 19. The lowest BCUT2D eigenvalue weighted by atomic mass is 9.81. The molecule has 1 aromatic carbocycles. The molecule has 1 N–H and O–H groups in total. The highest BCUT2D eigenvalue weighted by Crippen LogP contribution is 2.37. The molecule has 0 saturated heterocycles. The Kier molecular flexibility index (Phi) is 15.9. The molecule has 0 spiro atoms. The monoisotopic (exact) mass is 458 g/mol. The van der Waals surface area contributed by atoms with Gasteiger partial charge in [0.2, 0.25) is 0 Å². The minimum Gasteiger partial charge on any atom is -0.507 e. The Hall–Kier alpha value is -0.980. The van der Waals surface area contributed by atoms with Crippen molar-refractivity contribution >= 4 is 0 Å². The SMILES string of the molecule is CCCCCCCCCCCCCCCCC(C)c1cc(C(C)(C)C)cc(CCCC)c1O. The Morgan fingerprint density at radius 1 is 0.667 bits per heavy atom. The molecule has 0 aliphatic heterocycles. The van der Waals surface area contributed by atoms with Crippen LogP contribution in [0.1, 0.15) is 173 Å². The van der Waals surface area contributed by atoms with Gasteiger partial charge in [0.15, 0.2) is 0 Å². The average Bonchev–Trinajstić information content (AvgIpc) is 2.77. The first-order chi connectivity index (χ1) is 15.8. The largest absolute Gasteiger partial charge is 0.507 e. The Bertz CT molecular complexity index is 610. The lowest BCUT2D eigenvalue weighted by molar-refractivity contribution is 0.447. The van der Waals surface area contributed by atoms with Crippen LogP contribution in [0.15, 0.2) is 12.1 Å². The molecule has 0 heterocycles. The van der Waals surface area contributed by atoms with E-state index in [2.05, 4.69) is 53.7 Å². The minimum absolute atomic E-state index is 0.123. The van der Waals surface area contributed by atoms with Gasteiger partial charge in [0, 0.05) is 0 Å². The Morgan fingerprint density at radius 2 is 1.12 bits per heavy atom. The van der Waals surface area contributed by atoms with Crippen LogP contribution in [0.2, 0.25) is 0 Å². The number of benzene rings is 1. The van der Waals surface area contributed by atoms with Crippen LogP contribution >= 0.6 is 0 Å². The third-order valence-corrected chi connectivity index (χ3v) is 7.41. The number of phenolic OH excluding ortho intramolecular Hbond substituents is 1. The van der Waals surface area contributed by atoms with Gasteiger partial charge in [-0.3, -0.25) is 0 Å². The van der Waals surface area contributed by atoms with Gasteiger partial charge in [-0.05, 0) is 47.3 Å². The van der Waals surface area contributed by atoms with Crippen LogP contribution in [0.3, 0.4) is 0 Å². The summed E-state index contributed by atoms with van der Waals surface area (Å²) in [7, 11) is 0. The first-order valence-electron chi connectivity index (χ1n) is 14.7. The van der Waals surface area contributed by atoms with Gasteiger partial charge in [0.1, 0.15) is 5.75 Å². The zero-order valence-electron chi connectivity index (χ0n) is 23.4. The van der Waals surface area contributed by atoms with Crippen LogP contribution in [0, 0.1) is 0 Å². The van der Waals surface area contributed by atoms with Crippen molar-refractivity contribution in [1.82, 2.24) is 0 Å². The van der Waals surface area contributed by atoms with Gasteiger partial charge < -0.3 is 5.11 Å². The van der Waals surface area contributed by atoms with Crippen molar-refractivity contribution in [3.63, 3.8) is 0 Å². The maximum atomic E-state index is 11.0. The maximum absolute atomic E-state index is 11.0. The molecule has 1 nitrogen and oxygen atoms in total. The van der Waals surface area contributed by atoms with E-state index in [1.165, 1.54) is 114 Å². The molecule has 0 radical (unpaired) electrons. The standard InChI is InChI=1S/C32H58O/c1-7-9-11-12-13-14-15-16-17-18-19-20-21-22-23-27(3)30-26-29(32(4,5)6)25-28(31(30)33)24-10-8-2/h25-27,33H,7-24H2,1-6H3. The van der Waals surface area contributed by atoms with E-state index in [1.807, 2.05) is 0 Å². The lowest BCUT2D eigenvalue weighted by Gasteiger charge is -2.24. The second kappa shape index (κ2) is 17.5. The van der Waals surface area contributed by atoms with E-state index in [4.69, 9.17) is 0 Å². The summed E-state index contributed by atoms with van der Waals surface area (Å²) in [4.78, 5) is 0. The quantitative estimate of drug-likeness (QED) is 0.204. The molecular formula is C32H58O. The van der Waals surface area contributed by atoms with Gasteiger partial charge in [-0.15, -0.1) is 0 Å². The minimum atomic E-state index is 0.123. The van der Waals surface area contributed by atoms with E-state index in [-0.39, 0.29) is 5.41 Å². The lowest BCUT2D eigenvalue weighted by Crippen LogP contribution is -2.13. The number of unbranched alkanes of at least 4 members (excludes halogenated alkanes) is 14. The molecule has 0 aromatic heterocycles. The summed E-state index contributed by atoms with van der Waals surface area (Å²) in [6.07, 6.45) is 24.2. The Morgan fingerprint density at radius 3 is 1.58 bits per heavy atom. The molecule has 1 rings (SSSR count). The van der Waals surface area contributed by atoms with Gasteiger partial charge in [-0.1, -0.05) is 150 Å². The van der Waals surface area contributed by atoms with E-state index in [1.54, 1.807) is 0 Å². The van der Waals surface area contributed by atoms with Crippen molar-refractivity contribution in [3.8, 4) is 5.75 Å². The summed E-state index contributed by atoms with van der Waals surface area (Å²) < 4.78 is 0. The molecule has 0 aliphatic rings. The zero-order chi connectivity index (χ0) is 24.5. The smallest absolute Gasteiger partial charge is 0.122 e. The third-order valence-electron chi connectivity index (χ3n) is 7.41. The average molecular weight is 459 g/mol. The third kappa shape index (κ3) is 12.9. The molecule has 0 amide bonds. The molecular weight excluding hydrogens is 400 g/mol. The van der Waals surface area contributed by atoms with Crippen LogP contribution in [-0.2, 0) is 11.8 Å². The fourth-order valence-electron chi connectivity index (χ4n) is 4.89. The predicted octanol–water partition coefficient (Wildman–Crippen LogP) is 11.0. The summed E-state index contributed by atoms with van der Waals surface area (Å²) in [6, 6.07) is 4.55. The number of phenols is 1. The molecule has 1 heteroatoms. The second-order valence-corrected chi connectivity index (χ2v) is 11.7. The zero-order valence-corrected chi connectivity index (χ0v) is 23.4. The summed E-state index contributed by atoms with van der Waals surface area (Å²) in [5.74, 6) is 1.01. The van der Waals surface area contributed by atoms with Gasteiger partial charge in [0.25, 0.3) is 0 Å². The van der Waals surface area contributed by atoms with Gasteiger partial charge in [-0.2, -0.15) is 0 Å². The molecule has 0 fully saturated rings. The molecule has 0 bridgehead atoms. The topological polar surface area (TPSA) is 20.2 Å². The van der Waals surface area contributed by atoms with Crippen molar-refractivity contribution in [2.75, 3.05) is 0 Å². The van der Waals surface area contributed by atoms with E-state index in [0.29, 0.717) is 11.7 Å². The van der Waals surface area contributed by atoms with Crippen molar-refractivity contribution in [1.29, 1.82) is 0 Å². The van der Waals surface area contributed by atoms with Gasteiger partial charge >= 0.3 is 0 Å². The molecule has 192 valence electrons. The Labute approximate surface area is 208 Å².